The van der Waals surface area contributed by atoms with Crippen LogP contribution in [0.5, 0.6) is 0 Å². The number of carbonyl (C=O) groups excluding carboxylic acids is 2. The van der Waals surface area contributed by atoms with Crippen molar-refractivity contribution in [1.82, 2.24) is 10.6 Å². The Balaban J connectivity index is 2.62. The molecule has 6 heteroatoms. The van der Waals surface area contributed by atoms with Gasteiger partial charge in [-0.15, -0.1) is 0 Å². The molecule has 2 amide bonds. The molecule has 0 aromatic heterocycles. The van der Waals surface area contributed by atoms with Crippen molar-refractivity contribution < 1.29 is 9.59 Å². The average molecular weight is 348 g/mol. The summed E-state index contributed by atoms with van der Waals surface area (Å²) in [5, 5.41) is 5.70. The molecule has 0 fully saturated rings. The van der Waals surface area contributed by atoms with Gasteiger partial charge in [0.2, 0.25) is 11.8 Å². The Bertz CT molecular complexity index is 507. The molecule has 1 aromatic carbocycles. The molecule has 0 aliphatic heterocycles. The zero-order chi connectivity index (χ0) is 18.5. The van der Waals surface area contributed by atoms with Gasteiger partial charge in [0, 0.05) is 6.54 Å². The second-order valence-corrected chi connectivity index (χ2v) is 6.27. The number of nitrogens with two attached hydrogens (primary N) is 2. The van der Waals surface area contributed by atoms with Gasteiger partial charge in [0.1, 0.15) is 6.04 Å². The van der Waals surface area contributed by atoms with E-state index in [1.165, 1.54) is 0 Å². The monoisotopic (exact) mass is 348 g/mol. The number of hydrogen-bond acceptors (Lipinski definition) is 4. The van der Waals surface area contributed by atoms with Crippen LogP contribution in [0.2, 0.25) is 0 Å². The second kappa shape index (κ2) is 12.4. The van der Waals surface area contributed by atoms with Crippen molar-refractivity contribution in [1.29, 1.82) is 0 Å². The van der Waals surface area contributed by atoms with Crippen molar-refractivity contribution in [2.24, 2.45) is 11.5 Å². The third-order valence-corrected chi connectivity index (χ3v) is 4.08. The maximum Gasteiger partial charge on any atom is 0.242 e. The normalized spacial score (nSPS) is 13.1. The molecule has 0 heterocycles. The Morgan fingerprint density at radius 1 is 1.08 bits per heavy atom. The molecule has 6 nitrogen and oxygen atoms in total. The highest BCUT2D eigenvalue weighted by atomic mass is 16.2. The van der Waals surface area contributed by atoms with Gasteiger partial charge in [-0.1, -0.05) is 43.7 Å². The Morgan fingerprint density at radius 3 is 2.44 bits per heavy atom. The van der Waals surface area contributed by atoms with Crippen LogP contribution in [0.3, 0.4) is 0 Å². The van der Waals surface area contributed by atoms with E-state index in [1.54, 1.807) is 0 Å². The number of hydrogen-bond donors (Lipinski definition) is 4. The molecule has 1 unspecified atom stereocenters. The van der Waals surface area contributed by atoms with Crippen LogP contribution in [0.15, 0.2) is 30.3 Å². The lowest BCUT2D eigenvalue weighted by atomic mass is 10.0. The number of unbranched alkanes of at least 4 members (excludes halogenated alkanes) is 1. The maximum atomic E-state index is 12.4. The van der Waals surface area contributed by atoms with E-state index < -0.39 is 12.1 Å². The van der Waals surface area contributed by atoms with Gasteiger partial charge in [0.25, 0.3) is 0 Å². The summed E-state index contributed by atoms with van der Waals surface area (Å²) >= 11 is 0. The van der Waals surface area contributed by atoms with Crippen LogP contribution in [-0.4, -0.2) is 37.0 Å². The van der Waals surface area contributed by atoms with E-state index in [1.807, 2.05) is 30.3 Å². The Morgan fingerprint density at radius 2 is 1.80 bits per heavy atom. The quantitative estimate of drug-likeness (QED) is 0.424. The van der Waals surface area contributed by atoms with Crippen LogP contribution in [0.25, 0.3) is 0 Å². The molecule has 0 saturated heterocycles. The van der Waals surface area contributed by atoms with Gasteiger partial charge < -0.3 is 22.1 Å². The minimum absolute atomic E-state index is 0.149. The molecule has 140 valence electrons. The smallest absolute Gasteiger partial charge is 0.242 e. The van der Waals surface area contributed by atoms with Gasteiger partial charge in [-0.05, 0) is 44.2 Å². The first kappa shape index (κ1) is 21.1. The summed E-state index contributed by atoms with van der Waals surface area (Å²) < 4.78 is 0. The molecule has 1 rings (SSSR count). The molecule has 2 atom stereocenters. The third kappa shape index (κ3) is 8.65. The summed E-state index contributed by atoms with van der Waals surface area (Å²) in [7, 11) is 0. The highest BCUT2D eigenvalue weighted by Gasteiger charge is 2.23. The van der Waals surface area contributed by atoms with Crippen molar-refractivity contribution in [3.8, 4) is 0 Å². The van der Waals surface area contributed by atoms with Gasteiger partial charge in [-0.25, -0.2) is 0 Å². The lowest BCUT2D eigenvalue weighted by molar-refractivity contribution is -0.129. The number of benzene rings is 1. The van der Waals surface area contributed by atoms with Crippen molar-refractivity contribution in [2.45, 2.75) is 57.5 Å². The zero-order valence-corrected chi connectivity index (χ0v) is 15.2. The molecule has 1 aromatic rings. The van der Waals surface area contributed by atoms with Crippen LogP contribution in [0.4, 0.5) is 0 Å². The minimum Gasteiger partial charge on any atom is -0.354 e. The molecule has 25 heavy (non-hydrogen) atoms. The third-order valence-electron chi connectivity index (χ3n) is 4.08. The van der Waals surface area contributed by atoms with E-state index in [4.69, 9.17) is 11.5 Å². The fraction of sp³-hybridized carbons (Fsp3) is 0.579. The fourth-order valence-corrected chi connectivity index (χ4v) is 2.48. The van der Waals surface area contributed by atoms with Crippen LogP contribution < -0.4 is 22.1 Å². The minimum atomic E-state index is -0.633. The van der Waals surface area contributed by atoms with Crippen LogP contribution in [0, 0.1) is 0 Å². The highest BCUT2D eigenvalue weighted by Crippen LogP contribution is 2.06. The highest BCUT2D eigenvalue weighted by molar-refractivity contribution is 5.89. The molecule has 0 radical (unpaired) electrons. The first-order valence-electron chi connectivity index (χ1n) is 9.16. The average Bonchev–Trinajstić information content (AvgIpc) is 2.63. The van der Waals surface area contributed by atoms with Gasteiger partial charge >= 0.3 is 0 Å². The Kier molecular flexibility index (Phi) is 10.5. The van der Waals surface area contributed by atoms with Crippen LogP contribution in [-0.2, 0) is 16.0 Å². The number of amides is 2. The molecular formula is C19H32N4O2. The lowest BCUT2D eigenvalue weighted by Crippen LogP contribution is -2.52. The Labute approximate surface area is 150 Å². The van der Waals surface area contributed by atoms with Crippen molar-refractivity contribution in [3.05, 3.63) is 35.9 Å². The van der Waals surface area contributed by atoms with E-state index in [9.17, 15) is 9.59 Å². The van der Waals surface area contributed by atoms with Gasteiger partial charge in [0.05, 0.1) is 6.04 Å². The van der Waals surface area contributed by atoms with Crippen molar-refractivity contribution >= 4 is 11.8 Å². The van der Waals surface area contributed by atoms with E-state index in [0.29, 0.717) is 38.8 Å². The maximum absolute atomic E-state index is 12.4. The molecule has 0 saturated carbocycles. The predicted molar refractivity (Wildman–Crippen MR) is 101 cm³/mol. The molecule has 0 aliphatic carbocycles. The van der Waals surface area contributed by atoms with Gasteiger partial charge in [-0.3, -0.25) is 9.59 Å². The van der Waals surface area contributed by atoms with E-state index in [-0.39, 0.29) is 11.8 Å². The first-order valence-corrected chi connectivity index (χ1v) is 9.16. The zero-order valence-electron chi connectivity index (χ0n) is 15.2. The fourth-order valence-electron chi connectivity index (χ4n) is 2.48. The topological polar surface area (TPSA) is 110 Å². The molecule has 0 spiro atoms. The summed E-state index contributed by atoms with van der Waals surface area (Å²) in [6, 6.07) is 8.71. The van der Waals surface area contributed by atoms with Crippen LogP contribution >= 0.6 is 0 Å². The lowest BCUT2D eigenvalue weighted by Gasteiger charge is -2.21. The summed E-state index contributed by atoms with van der Waals surface area (Å²) in [5.41, 5.74) is 12.5. The molecule has 0 bridgehead atoms. The molecule has 6 N–H and O–H groups in total. The van der Waals surface area contributed by atoms with Crippen LogP contribution in [0.1, 0.15) is 44.6 Å². The number of carbonyl (C=O) groups is 2. The standard InChI is InChI=1S/C19H32N4O2/c1-2-3-14-22-19(25)17(12-11-15-8-5-4-6-9-15)23-18(24)16(21)10-7-13-20/h4-6,8-9,16-17H,2-3,7,10-14,20-21H2,1H3,(H,22,25)(H,23,24)/t16-,17?/m1/s1. The van der Waals surface area contributed by atoms with E-state index >= 15 is 0 Å². The summed E-state index contributed by atoms with van der Waals surface area (Å²) in [4.78, 5) is 24.7. The number of aryl methyl sites for hydroxylation is 1. The first-order chi connectivity index (χ1) is 12.1. The van der Waals surface area contributed by atoms with Crippen molar-refractivity contribution in [2.75, 3.05) is 13.1 Å². The Hall–Kier alpha value is -1.92. The summed E-state index contributed by atoms with van der Waals surface area (Å²) in [5.74, 6) is -0.444. The number of nitrogens with one attached hydrogen (secondary N) is 2. The summed E-state index contributed by atoms with van der Waals surface area (Å²) in [6.07, 6.45) is 4.38. The van der Waals surface area contributed by atoms with Gasteiger partial charge in [0.15, 0.2) is 0 Å². The predicted octanol–water partition coefficient (Wildman–Crippen LogP) is 1.09. The second-order valence-electron chi connectivity index (χ2n) is 6.27. The molecular weight excluding hydrogens is 316 g/mol. The van der Waals surface area contributed by atoms with E-state index in [0.717, 1.165) is 18.4 Å². The number of rotatable bonds is 12. The summed E-state index contributed by atoms with van der Waals surface area (Å²) in [6.45, 7) is 3.18. The molecule has 0 aliphatic rings. The largest absolute Gasteiger partial charge is 0.354 e. The SMILES string of the molecule is CCCCNC(=O)C(CCc1ccccc1)NC(=O)[C@H](N)CCCN. The van der Waals surface area contributed by atoms with Crippen molar-refractivity contribution in [3.63, 3.8) is 0 Å². The van der Waals surface area contributed by atoms with Gasteiger partial charge in [-0.2, -0.15) is 0 Å². The van der Waals surface area contributed by atoms with E-state index in [2.05, 4.69) is 17.6 Å².